The van der Waals surface area contributed by atoms with E-state index in [0.717, 1.165) is 22.5 Å². The van der Waals surface area contributed by atoms with Crippen molar-refractivity contribution < 1.29 is 14.3 Å². The standard InChI is InChI=1S/C24H22N2O3/c1-5-17(23(27)25-14-15-29-24(28)16(2)3)22-18-10-6-8-12-20(18)26(4)21-13-9-7-11-19(21)22/h1,6-13H,2,14-15H2,3-4H3,(H,25,27). The minimum atomic E-state index is -0.493. The van der Waals surface area contributed by atoms with Crippen molar-refractivity contribution in [3.05, 3.63) is 77.4 Å². The van der Waals surface area contributed by atoms with Gasteiger partial charge in [-0.25, -0.2) is 4.79 Å². The Morgan fingerprint density at radius 2 is 1.66 bits per heavy atom. The summed E-state index contributed by atoms with van der Waals surface area (Å²) in [5, 5.41) is 2.74. The molecule has 0 saturated carbocycles. The van der Waals surface area contributed by atoms with Crippen molar-refractivity contribution in [1.29, 1.82) is 0 Å². The smallest absolute Gasteiger partial charge is 0.333 e. The molecule has 1 aliphatic rings. The van der Waals surface area contributed by atoms with E-state index in [1.807, 2.05) is 55.6 Å². The number of amides is 1. The molecule has 0 aromatic heterocycles. The highest BCUT2D eigenvalue weighted by Gasteiger charge is 2.27. The fourth-order valence-corrected chi connectivity index (χ4v) is 3.27. The summed E-state index contributed by atoms with van der Waals surface area (Å²) in [6, 6.07) is 15.6. The van der Waals surface area contributed by atoms with Crippen molar-refractivity contribution in [1.82, 2.24) is 5.32 Å². The summed E-state index contributed by atoms with van der Waals surface area (Å²) in [5.74, 6) is 1.68. The summed E-state index contributed by atoms with van der Waals surface area (Å²) in [4.78, 5) is 26.4. The summed E-state index contributed by atoms with van der Waals surface area (Å²) in [7, 11) is 1.99. The molecular formula is C24H22N2O3. The molecule has 0 fully saturated rings. The number of esters is 1. The molecule has 2 aromatic rings. The van der Waals surface area contributed by atoms with Gasteiger partial charge in [0.1, 0.15) is 6.61 Å². The first kappa shape index (κ1) is 20.0. The van der Waals surface area contributed by atoms with E-state index in [4.69, 9.17) is 11.2 Å². The number of fused-ring (bicyclic) bond motifs is 2. The lowest BCUT2D eigenvalue weighted by Gasteiger charge is -2.32. The first-order valence-electron chi connectivity index (χ1n) is 9.20. The Balaban J connectivity index is 1.94. The molecule has 0 atom stereocenters. The van der Waals surface area contributed by atoms with Crippen LogP contribution in [-0.2, 0) is 14.3 Å². The van der Waals surface area contributed by atoms with Crippen LogP contribution in [0.2, 0.25) is 0 Å². The van der Waals surface area contributed by atoms with Gasteiger partial charge in [0, 0.05) is 40.7 Å². The molecule has 1 N–H and O–H groups in total. The van der Waals surface area contributed by atoms with Crippen molar-refractivity contribution >= 4 is 28.8 Å². The molecule has 5 heteroatoms. The summed E-state index contributed by atoms with van der Waals surface area (Å²) in [6.45, 7) is 5.28. The lowest BCUT2D eigenvalue weighted by atomic mass is 9.87. The Hall–Kier alpha value is -3.78. The number of rotatable bonds is 5. The van der Waals surface area contributed by atoms with Crippen LogP contribution in [0.15, 0.2) is 66.3 Å². The van der Waals surface area contributed by atoms with Gasteiger partial charge >= 0.3 is 5.97 Å². The quantitative estimate of drug-likeness (QED) is 0.370. The molecule has 5 nitrogen and oxygen atoms in total. The second-order valence-electron chi connectivity index (χ2n) is 6.66. The van der Waals surface area contributed by atoms with E-state index in [9.17, 15) is 9.59 Å². The van der Waals surface area contributed by atoms with Gasteiger partial charge in [-0.1, -0.05) is 48.9 Å². The van der Waals surface area contributed by atoms with E-state index in [1.165, 1.54) is 0 Å². The molecule has 0 aliphatic carbocycles. The predicted molar refractivity (Wildman–Crippen MR) is 115 cm³/mol. The Morgan fingerprint density at radius 3 is 2.17 bits per heavy atom. The van der Waals surface area contributed by atoms with E-state index in [1.54, 1.807) is 6.92 Å². The third kappa shape index (κ3) is 3.92. The van der Waals surface area contributed by atoms with Gasteiger partial charge in [-0.3, -0.25) is 4.79 Å². The zero-order chi connectivity index (χ0) is 21.0. The van der Waals surface area contributed by atoms with Gasteiger partial charge in [-0.15, -0.1) is 6.42 Å². The van der Waals surface area contributed by atoms with Crippen LogP contribution in [0.3, 0.4) is 0 Å². The first-order chi connectivity index (χ1) is 14.0. The van der Waals surface area contributed by atoms with Crippen molar-refractivity contribution in [2.75, 3.05) is 25.1 Å². The number of terminal acetylenes is 1. The van der Waals surface area contributed by atoms with Crippen LogP contribution in [0.1, 0.15) is 18.1 Å². The van der Waals surface area contributed by atoms with Crippen molar-refractivity contribution in [3.8, 4) is 12.3 Å². The monoisotopic (exact) mass is 386 g/mol. The maximum Gasteiger partial charge on any atom is 0.333 e. The maximum atomic E-state index is 12.9. The van der Waals surface area contributed by atoms with Crippen LogP contribution < -0.4 is 10.2 Å². The minimum absolute atomic E-state index is 0.0422. The molecule has 1 aliphatic heterocycles. The number of nitrogens with zero attached hydrogens (tertiary/aromatic N) is 1. The van der Waals surface area contributed by atoms with Crippen LogP contribution in [0.25, 0.3) is 5.57 Å². The molecule has 2 aromatic carbocycles. The number of hydrogen-bond acceptors (Lipinski definition) is 4. The van der Waals surface area contributed by atoms with Crippen molar-refractivity contribution in [2.24, 2.45) is 0 Å². The van der Waals surface area contributed by atoms with Gasteiger partial charge in [0.05, 0.1) is 12.1 Å². The predicted octanol–water partition coefficient (Wildman–Crippen LogP) is 3.44. The van der Waals surface area contributed by atoms with Gasteiger partial charge in [-0.2, -0.15) is 0 Å². The van der Waals surface area contributed by atoms with Gasteiger partial charge in [-0.05, 0) is 19.1 Å². The van der Waals surface area contributed by atoms with E-state index in [-0.39, 0.29) is 24.6 Å². The largest absolute Gasteiger partial charge is 0.460 e. The zero-order valence-corrected chi connectivity index (χ0v) is 16.5. The second-order valence-corrected chi connectivity index (χ2v) is 6.66. The summed E-state index contributed by atoms with van der Waals surface area (Å²) >= 11 is 0. The molecule has 1 heterocycles. The molecule has 29 heavy (non-hydrogen) atoms. The van der Waals surface area contributed by atoms with Crippen LogP contribution in [0, 0.1) is 12.3 Å². The highest BCUT2D eigenvalue weighted by Crippen LogP contribution is 2.45. The molecule has 0 bridgehead atoms. The Morgan fingerprint density at radius 1 is 1.10 bits per heavy atom. The van der Waals surface area contributed by atoms with Gasteiger partial charge < -0.3 is 15.0 Å². The normalized spacial score (nSPS) is 11.6. The Labute approximate surface area is 170 Å². The Bertz CT molecular complexity index is 1010. The lowest BCUT2D eigenvalue weighted by molar-refractivity contribution is -0.139. The number of carbonyl (C=O) groups is 2. The van der Waals surface area contributed by atoms with Gasteiger partial charge in [0.25, 0.3) is 5.91 Å². The topological polar surface area (TPSA) is 58.6 Å². The lowest BCUT2D eigenvalue weighted by Crippen LogP contribution is -2.30. The summed E-state index contributed by atoms with van der Waals surface area (Å²) in [5.41, 5.74) is 4.99. The van der Waals surface area contributed by atoms with Crippen molar-refractivity contribution in [2.45, 2.75) is 6.92 Å². The first-order valence-corrected chi connectivity index (χ1v) is 9.20. The molecule has 0 radical (unpaired) electrons. The number of carbonyl (C=O) groups excluding carboxylic acids is 2. The average molecular weight is 386 g/mol. The third-order valence-electron chi connectivity index (χ3n) is 4.66. The second kappa shape index (κ2) is 8.49. The SMILES string of the molecule is C#CC(C(=O)NCCOC(=O)C(=C)C)=C1c2ccccc2N(C)c2ccccc21. The van der Waals surface area contributed by atoms with E-state index >= 15 is 0 Å². The van der Waals surface area contributed by atoms with E-state index < -0.39 is 5.97 Å². The molecule has 0 saturated heterocycles. The summed E-state index contributed by atoms with van der Waals surface area (Å²) in [6.07, 6.45) is 5.77. The molecule has 0 unspecified atom stereocenters. The maximum absolute atomic E-state index is 12.9. The molecule has 3 rings (SSSR count). The molecular weight excluding hydrogens is 364 g/mol. The highest BCUT2D eigenvalue weighted by molar-refractivity contribution is 6.12. The highest BCUT2D eigenvalue weighted by atomic mass is 16.5. The minimum Gasteiger partial charge on any atom is -0.460 e. The fraction of sp³-hybridized carbons (Fsp3) is 0.167. The van der Waals surface area contributed by atoms with Crippen LogP contribution in [0.4, 0.5) is 11.4 Å². The number of hydrogen-bond donors (Lipinski definition) is 1. The number of anilines is 2. The Kier molecular flexibility index (Phi) is 5.85. The average Bonchev–Trinajstić information content (AvgIpc) is 2.73. The molecule has 0 spiro atoms. The van der Waals surface area contributed by atoms with Gasteiger partial charge in [0.2, 0.25) is 0 Å². The van der Waals surface area contributed by atoms with E-state index in [0.29, 0.717) is 11.1 Å². The number of para-hydroxylation sites is 2. The third-order valence-corrected chi connectivity index (χ3v) is 4.66. The molecule has 146 valence electrons. The summed E-state index contributed by atoms with van der Waals surface area (Å²) < 4.78 is 5.01. The van der Waals surface area contributed by atoms with Gasteiger partial charge in [0.15, 0.2) is 0 Å². The zero-order valence-electron chi connectivity index (χ0n) is 16.5. The number of benzene rings is 2. The van der Waals surface area contributed by atoms with Crippen LogP contribution in [-0.4, -0.2) is 32.1 Å². The van der Waals surface area contributed by atoms with Crippen LogP contribution >= 0.6 is 0 Å². The fourth-order valence-electron chi connectivity index (χ4n) is 3.27. The van der Waals surface area contributed by atoms with E-state index in [2.05, 4.69) is 22.7 Å². The van der Waals surface area contributed by atoms with Crippen molar-refractivity contribution in [3.63, 3.8) is 0 Å². The van der Waals surface area contributed by atoms with Crippen LogP contribution in [0.5, 0.6) is 0 Å². The number of nitrogens with one attached hydrogen (secondary N) is 1. The number of ether oxygens (including phenoxy) is 1. The molecule has 1 amide bonds.